The summed E-state index contributed by atoms with van der Waals surface area (Å²) in [5, 5.41) is 7.53. The van der Waals surface area contributed by atoms with Gasteiger partial charge >= 0.3 is 14.0 Å². The van der Waals surface area contributed by atoms with Gasteiger partial charge in [0.15, 0.2) is 0 Å². The van der Waals surface area contributed by atoms with Crippen LogP contribution in [-0.2, 0) is 9.09 Å². The minimum absolute atomic E-state index is 0. The van der Waals surface area contributed by atoms with Crippen molar-refractivity contribution in [1.29, 1.82) is 0 Å². The van der Waals surface area contributed by atoms with Crippen LogP contribution >= 0.6 is 7.82 Å². The monoisotopic (exact) mass is 422 g/mol. The van der Waals surface area contributed by atoms with Crippen LogP contribution in [0.15, 0.2) is 0 Å². The molecule has 0 rings (SSSR count). The Balaban J connectivity index is -0.000000245. The second-order valence-electron chi connectivity index (χ2n) is 0.848. The van der Waals surface area contributed by atoms with E-state index in [2.05, 4.69) is 4.52 Å². The quantitative estimate of drug-likeness (QED) is 0.505. The van der Waals surface area contributed by atoms with Crippen LogP contribution in [0.2, 0.25) is 0 Å². The summed E-state index contributed by atoms with van der Waals surface area (Å²) in [7, 11) is -4.82. The van der Waals surface area contributed by atoms with E-state index in [-0.39, 0.29) is 83.5 Å². The summed E-state index contributed by atoms with van der Waals surface area (Å²) in [6.07, 6.45) is -1.99. The maximum absolute atomic E-state index is 9.53. The largest absolute Gasteiger partial charge is 0.529 e. The van der Waals surface area contributed by atoms with Crippen LogP contribution in [0.3, 0.4) is 0 Å². The summed E-state index contributed by atoms with van der Waals surface area (Å²) in [5.41, 5.74) is 0. The van der Waals surface area contributed by atoms with E-state index in [1.807, 2.05) is 0 Å². The second-order valence-corrected chi connectivity index (χ2v) is 2.01. The smallest absolute Gasteiger partial charge is 0.449 e. The second kappa shape index (κ2) is 7.80. The van der Waals surface area contributed by atoms with Crippen LogP contribution in [0.4, 0.5) is 4.79 Å². The average molecular weight is 422 g/mol. The first-order valence-corrected chi connectivity index (χ1v) is 2.93. The predicted octanol–water partition coefficient (Wildman–Crippen LogP) is -0.226. The van der Waals surface area contributed by atoms with Crippen LogP contribution in [0.5, 0.6) is 0 Å². The van der Waals surface area contributed by atoms with Gasteiger partial charge in [0.1, 0.15) is 0 Å². The molecule has 0 spiro atoms. The number of rotatable bonds is 1. The summed E-state index contributed by atoms with van der Waals surface area (Å²) in [5.74, 6) is 0. The summed E-state index contributed by atoms with van der Waals surface area (Å²) >= 11 is 0. The zero-order valence-corrected chi connectivity index (χ0v) is 11.7. The van der Waals surface area contributed by atoms with Gasteiger partial charge in [-0.1, -0.05) is 0 Å². The van der Waals surface area contributed by atoms with Crippen LogP contribution in [0, 0.1) is 83.5 Å². The van der Waals surface area contributed by atoms with Gasteiger partial charge in [-0.3, -0.25) is 9.79 Å². The molecule has 6 nitrogen and oxygen atoms in total. The van der Waals surface area contributed by atoms with E-state index in [4.69, 9.17) is 14.9 Å². The van der Waals surface area contributed by atoms with Crippen molar-refractivity contribution in [1.82, 2.24) is 0 Å². The number of phosphoric ester groups is 1. The van der Waals surface area contributed by atoms with Gasteiger partial charge in [0, 0.05) is 83.5 Å². The van der Waals surface area contributed by atoms with E-state index < -0.39 is 14.0 Å². The Morgan fingerprint density at radius 2 is 1.60 bits per heavy atom. The Bertz CT molecular complexity index is 139. The van der Waals surface area contributed by atoms with Gasteiger partial charge in [-0.05, 0) is 0 Å². The van der Waals surface area contributed by atoms with Crippen molar-refractivity contribution in [3.05, 3.63) is 0 Å². The summed E-state index contributed by atoms with van der Waals surface area (Å²) in [6.45, 7) is 0. The zero-order chi connectivity index (χ0) is 6.78. The molecular weight excluding hydrogens is 419 g/mol. The first kappa shape index (κ1) is 18.1. The van der Waals surface area contributed by atoms with E-state index in [1.54, 1.807) is 0 Å². The summed E-state index contributed by atoms with van der Waals surface area (Å²) in [4.78, 5) is 24.7. The third-order valence-corrected chi connectivity index (χ3v) is 0.591. The van der Waals surface area contributed by atoms with Crippen molar-refractivity contribution in [3.8, 4) is 0 Å². The SMILES string of the molecule is O=C(O)OP(=O)(O)O.[Ce].[Ce]. The van der Waals surface area contributed by atoms with E-state index in [1.165, 1.54) is 0 Å². The van der Waals surface area contributed by atoms with Crippen molar-refractivity contribution in [3.63, 3.8) is 0 Å². The molecule has 0 aromatic rings. The molecule has 56 valence electrons. The molecule has 0 heterocycles. The van der Waals surface area contributed by atoms with E-state index in [9.17, 15) is 9.36 Å². The van der Waals surface area contributed by atoms with Crippen molar-refractivity contribution < 1.29 is 112 Å². The molecule has 0 aliphatic rings. The van der Waals surface area contributed by atoms with E-state index in [0.29, 0.717) is 0 Å². The van der Waals surface area contributed by atoms with Crippen LogP contribution in [0.25, 0.3) is 0 Å². The maximum Gasteiger partial charge on any atom is 0.529 e. The topological polar surface area (TPSA) is 104 Å². The van der Waals surface area contributed by atoms with Gasteiger partial charge in [-0.2, -0.15) is 0 Å². The molecule has 3 N–H and O–H groups in total. The van der Waals surface area contributed by atoms with Gasteiger partial charge in [0.05, 0.1) is 0 Å². The van der Waals surface area contributed by atoms with Gasteiger partial charge in [0.2, 0.25) is 0 Å². The maximum atomic E-state index is 9.53. The Morgan fingerprint density at radius 1 is 1.30 bits per heavy atom. The summed E-state index contributed by atoms with van der Waals surface area (Å²) in [6, 6.07) is 0. The molecule has 0 amide bonds. The minimum atomic E-state index is -4.82. The fourth-order valence-electron chi connectivity index (χ4n) is 0.102. The molecule has 0 aliphatic carbocycles. The molecule has 0 aromatic heterocycles. The van der Waals surface area contributed by atoms with Crippen molar-refractivity contribution >= 4 is 14.0 Å². The van der Waals surface area contributed by atoms with Crippen LogP contribution in [0.1, 0.15) is 0 Å². The molecule has 0 saturated heterocycles. The first-order valence-electron chi connectivity index (χ1n) is 1.40. The fourth-order valence-corrected chi connectivity index (χ4v) is 0.305. The Morgan fingerprint density at radius 3 is 1.60 bits per heavy atom. The number of hydrogen-bond donors (Lipinski definition) is 3. The molecule has 0 radical (unpaired) electrons. The number of carbonyl (C=O) groups is 1. The zero-order valence-electron chi connectivity index (χ0n) is 4.51. The van der Waals surface area contributed by atoms with Crippen LogP contribution < -0.4 is 0 Å². The van der Waals surface area contributed by atoms with Crippen LogP contribution in [-0.4, -0.2) is 21.0 Å². The third kappa shape index (κ3) is 16.6. The molecule has 0 bridgehead atoms. The Labute approximate surface area is 124 Å². The summed E-state index contributed by atoms with van der Waals surface area (Å²) < 4.78 is 12.6. The van der Waals surface area contributed by atoms with Gasteiger partial charge in [-0.25, -0.2) is 9.36 Å². The van der Waals surface area contributed by atoms with E-state index in [0.717, 1.165) is 0 Å². The molecule has 0 unspecified atom stereocenters. The molecular formula is CH3Ce2O6P. The fraction of sp³-hybridized carbons (Fsp3) is 0. The van der Waals surface area contributed by atoms with E-state index >= 15 is 0 Å². The molecule has 9 heteroatoms. The van der Waals surface area contributed by atoms with Crippen molar-refractivity contribution in [2.45, 2.75) is 0 Å². The number of carboxylic acid groups (broad SMARTS) is 1. The molecule has 0 atom stereocenters. The molecule has 0 fully saturated rings. The first-order chi connectivity index (χ1) is 3.42. The van der Waals surface area contributed by atoms with Crippen molar-refractivity contribution in [2.24, 2.45) is 0 Å². The molecule has 0 saturated carbocycles. The number of hydrogen-bond acceptors (Lipinski definition) is 3. The Kier molecular flexibility index (Phi) is 14.1. The van der Waals surface area contributed by atoms with Crippen molar-refractivity contribution in [2.75, 3.05) is 0 Å². The number of phosphoric acid groups is 1. The molecule has 0 aromatic carbocycles. The van der Waals surface area contributed by atoms with Gasteiger partial charge < -0.3 is 9.63 Å². The molecule has 10 heavy (non-hydrogen) atoms. The average Bonchev–Trinajstić information content (AvgIpc) is 1.21. The van der Waals surface area contributed by atoms with Gasteiger partial charge in [-0.15, -0.1) is 0 Å². The van der Waals surface area contributed by atoms with Gasteiger partial charge in [0.25, 0.3) is 0 Å². The predicted molar refractivity (Wildman–Crippen MR) is 21.2 cm³/mol. The normalized spacial score (nSPS) is 8.60. The molecule has 0 aliphatic heterocycles. The standard InChI is InChI=1S/CH3O6P.2Ce/c2-1(3)7-8(4,5)6;;/h(H,2,3)(H2,4,5,6);;. The third-order valence-electron chi connectivity index (χ3n) is 0.197. The minimum Gasteiger partial charge on any atom is -0.449 e. The Hall–Kier alpha value is 2.17.